The second kappa shape index (κ2) is 6.26. The fourth-order valence-electron chi connectivity index (χ4n) is 1.97. The molecule has 2 rings (SSSR count). The van der Waals surface area contributed by atoms with Crippen molar-refractivity contribution in [3.8, 4) is 0 Å². The van der Waals surface area contributed by atoms with E-state index in [0.29, 0.717) is 16.1 Å². The van der Waals surface area contributed by atoms with Gasteiger partial charge in [-0.05, 0) is 47.9 Å². The van der Waals surface area contributed by atoms with Crippen molar-refractivity contribution < 1.29 is 13.2 Å². The topological polar surface area (TPSA) is 38.0 Å². The first kappa shape index (κ1) is 14.8. The Labute approximate surface area is 119 Å². The molecule has 0 saturated carbocycles. The normalized spacial score (nSPS) is 12.4. The van der Waals surface area contributed by atoms with E-state index in [1.54, 1.807) is 0 Å². The lowest BCUT2D eigenvalue weighted by Crippen LogP contribution is -2.30. The monoisotopic (exact) mass is 300 g/mol. The van der Waals surface area contributed by atoms with Crippen molar-refractivity contribution in [3.63, 3.8) is 0 Å². The molecule has 0 aliphatic rings. The molecule has 0 saturated heterocycles. The Morgan fingerprint density at radius 2 is 1.70 bits per heavy atom. The van der Waals surface area contributed by atoms with Gasteiger partial charge in [-0.25, -0.2) is 13.2 Å². The fourth-order valence-corrected chi connectivity index (χ4v) is 2.16. The van der Waals surface area contributed by atoms with E-state index in [4.69, 9.17) is 17.4 Å². The lowest BCUT2D eigenvalue weighted by Gasteiger charge is -2.17. The summed E-state index contributed by atoms with van der Waals surface area (Å²) < 4.78 is 40.1. The molecule has 0 amide bonds. The molecule has 0 spiro atoms. The number of hydrogen-bond donors (Lipinski definition) is 2. The lowest BCUT2D eigenvalue weighted by atomic mass is 9.99. The first-order valence-electron chi connectivity index (χ1n) is 5.85. The first-order chi connectivity index (χ1) is 9.49. The van der Waals surface area contributed by atoms with Gasteiger partial charge >= 0.3 is 0 Å². The van der Waals surface area contributed by atoms with Crippen LogP contribution < -0.4 is 11.3 Å². The van der Waals surface area contributed by atoms with Gasteiger partial charge in [0.25, 0.3) is 0 Å². The maximum atomic E-state index is 13.7. The molecule has 0 aliphatic heterocycles. The third kappa shape index (κ3) is 3.50. The molecule has 0 aliphatic carbocycles. The predicted molar refractivity (Wildman–Crippen MR) is 71.5 cm³/mol. The van der Waals surface area contributed by atoms with Crippen molar-refractivity contribution in [3.05, 3.63) is 70.0 Å². The van der Waals surface area contributed by atoms with Crippen LogP contribution >= 0.6 is 11.6 Å². The predicted octanol–water partition coefficient (Wildman–Crippen LogP) is 3.50. The van der Waals surface area contributed by atoms with Crippen LogP contribution in [0.1, 0.15) is 17.2 Å². The maximum absolute atomic E-state index is 13.7. The number of hydrogen-bond acceptors (Lipinski definition) is 2. The quantitative estimate of drug-likeness (QED) is 0.670. The van der Waals surface area contributed by atoms with Gasteiger partial charge in [0.15, 0.2) is 0 Å². The third-order valence-electron chi connectivity index (χ3n) is 2.92. The zero-order valence-electron chi connectivity index (χ0n) is 10.3. The summed E-state index contributed by atoms with van der Waals surface area (Å²) in [5.41, 5.74) is 3.03. The van der Waals surface area contributed by atoms with Crippen molar-refractivity contribution in [2.75, 3.05) is 0 Å². The third-order valence-corrected chi connectivity index (χ3v) is 3.16. The Hall–Kier alpha value is -1.56. The van der Waals surface area contributed by atoms with Crippen molar-refractivity contribution >= 4 is 11.6 Å². The molecule has 0 bridgehead atoms. The van der Waals surface area contributed by atoms with Gasteiger partial charge in [0.2, 0.25) is 0 Å². The Kier molecular flexibility index (Phi) is 4.65. The van der Waals surface area contributed by atoms with E-state index in [9.17, 15) is 13.2 Å². The zero-order chi connectivity index (χ0) is 14.7. The molecule has 1 unspecified atom stereocenters. The summed E-state index contributed by atoms with van der Waals surface area (Å²) in [5, 5.41) is 0.377. The Bertz CT molecular complexity index is 599. The van der Waals surface area contributed by atoms with E-state index >= 15 is 0 Å². The smallest absolute Gasteiger partial charge is 0.126 e. The van der Waals surface area contributed by atoms with Crippen LogP contribution in [0.15, 0.2) is 36.4 Å². The summed E-state index contributed by atoms with van der Waals surface area (Å²) in [7, 11) is 0. The van der Waals surface area contributed by atoms with E-state index in [1.165, 1.54) is 18.2 Å². The minimum atomic E-state index is -0.716. The molecule has 0 radical (unpaired) electrons. The van der Waals surface area contributed by atoms with Crippen LogP contribution in [0.4, 0.5) is 13.2 Å². The molecule has 2 aromatic carbocycles. The van der Waals surface area contributed by atoms with E-state index in [-0.39, 0.29) is 6.42 Å². The molecule has 2 nitrogen and oxygen atoms in total. The van der Waals surface area contributed by atoms with Gasteiger partial charge in [0.05, 0.1) is 6.04 Å². The molecule has 6 heteroatoms. The van der Waals surface area contributed by atoms with E-state index < -0.39 is 23.5 Å². The summed E-state index contributed by atoms with van der Waals surface area (Å²) in [6, 6.07) is 6.54. The van der Waals surface area contributed by atoms with Crippen molar-refractivity contribution in [2.45, 2.75) is 12.5 Å². The highest BCUT2D eigenvalue weighted by atomic mass is 35.5. The standard InChI is InChI=1S/C14H12ClF3N2/c15-10-1-2-13(18)8(3-10)6-14(20-19)9-4-11(16)7-12(17)5-9/h1-5,7,14,20H,6,19H2. The number of nitrogens with two attached hydrogens (primary N) is 1. The van der Waals surface area contributed by atoms with Crippen LogP contribution in [0.25, 0.3) is 0 Å². The minimum absolute atomic E-state index is 0.117. The number of hydrazine groups is 1. The summed E-state index contributed by atoms with van der Waals surface area (Å²) in [6.07, 6.45) is 0.117. The second-order valence-electron chi connectivity index (χ2n) is 4.36. The lowest BCUT2D eigenvalue weighted by molar-refractivity contribution is 0.516. The zero-order valence-corrected chi connectivity index (χ0v) is 11.1. The average Bonchev–Trinajstić information content (AvgIpc) is 2.38. The number of nitrogens with one attached hydrogen (secondary N) is 1. The maximum Gasteiger partial charge on any atom is 0.126 e. The first-order valence-corrected chi connectivity index (χ1v) is 6.23. The van der Waals surface area contributed by atoms with E-state index in [2.05, 4.69) is 5.43 Å². The van der Waals surface area contributed by atoms with Gasteiger partial charge in [0, 0.05) is 11.1 Å². The Balaban J connectivity index is 2.30. The van der Waals surface area contributed by atoms with Gasteiger partial charge in [-0.2, -0.15) is 0 Å². The molecule has 1 atom stereocenters. The summed E-state index contributed by atoms with van der Waals surface area (Å²) in [5.74, 6) is 3.51. The minimum Gasteiger partial charge on any atom is -0.271 e. The van der Waals surface area contributed by atoms with Crippen LogP contribution in [-0.2, 0) is 6.42 Å². The molecule has 0 fully saturated rings. The van der Waals surface area contributed by atoms with Crippen molar-refractivity contribution in [1.29, 1.82) is 0 Å². The Morgan fingerprint density at radius 1 is 1.05 bits per heavy atom. The van der Waals surface area contributed by atoms with E-state index in [0.717, 1.165) is 18.2 Å². The highest BCUT2D eigenvalue weighted by Gasteiger charge is 2.15. The Morgan fingerprint density at radius 3 is 2.30 bits per heavy atom. The van der Waals surface area contributed by atoms with Crippen molar-refractivity contribution in [1.82, 2.24) is 5.43 Å². The molecular weight excluding hydrogens is 289 g/mol. The SMILES string of the molecule is NNC(Cc1cc(Cl)ccc1F)c1cc(F)cc(F)c1. The number of halogens is 4. The summed E-state index contributed by atoms with van der Waals surface area (Å²) >= 11 is 5.80. The molecule has 106 valence electrons. The number of rotatable bonds is 4. The largest absolute Gasteiger partial charge is 0.271 e. The van der Waals surface area contributed by atoms with Crippen molar-refractivity contribution in [2.24, 2.45) is 5.84 Å². The summed E-state index contributed by atoms with van der Waals surface area (Å²) in [6.45, 7) is 0. The highest BCUT2D eigenvalue weighted by Crippen LogP contribution is 2.23. The van der Waals surface area contributed by atoms with Crippen LogP contribution in [0.5, 0.6) is 0 Å². The highest BCUT2D eigenvalue weighted by molar-refractivity contribution is 6.30. The second-order valence-corrected chi connectivity index (χ2v) is 4.80. The summed E-state index contributed by atoms with van der Waals surface area (Å²) in [4.78, 5) is 0. The van der Waals surface area contributed by atoms with Gasteiger partial charge < -0.3 is 0 Å². The molecular formula is C14H12ClF3N2. The molecule has 2 aromatic rings. The molecule has 20 heavy (non-hydrogen) atoms. The van der Waals surface area contributed by atoms with Gasteiger partial charge in [-0.1, -0.05) is 11.6 Å². The van der Waals surface area contributed by atoms with Gasteiger partial charge in [-0.3, -0.25) is 11.3 Å². The van der Waals surface area contributed by atoms with E-state index in [1.807, 2.05) is 0 Å². The van der Waals surface area contributed by atoms with Crippen LogP contribution in [0.2, 0.25) is 5.02 Å². The molecule has 0 aromatic heterocycles. The molecule has 0 heterocycles. The van der Waals surface area contributed by atoms with Gasteiger partial charge in [0.1, 0.15) is 17.5 Å². The number of benzene rings is 2. The average molecular weight is 301 g/mol. The molecule has 3 N–H and O–H groups in total. The van der Waals surface area contributed by atoms with Crippen LogP contribution in [0, 0.1) is 17.5 Å². The van der Waals surface area contributed by atoms with Crippen LogP contribution in [-0.4, -0.2) is 0 Å². The van der Waals surface area contributed by atoms with Gasteiger partial charge in [-0.15, -0.1) is 0 Å². The van der Waals surface area contributed by atoms with Crippen LogP contribution in [0.3, 0.4) is 0 Å². The fraction of sp³-hybridized carbons (Fsp3) is 0.143.